The third-order valence-electron chi connectivity index (χ3n) is 4.44. The van der Waals surface area contributed by atoms with Crippen LogP contribution in [0, 0.1) is 0 Å². The van der Waals surface area contributed by atoms with Crippen LogP contribution in [-0.2, 0) is 29.1 Å². The predicted octanol–water partition coefficient (Wildman–Crippen LogP) is 5.39. The van der Waals surface area contributed by atoms with E-state index in [1.165, 1.54) is 10.8 Å². The number of aromatic nitrogens is 4. The zero-order valence-electron chi connectivity index (χ0n) is 18.7. The summed E-state index contributed by atoms with van der Waals surface area (Å²) in [6.07, 6.45) is -0.337. The van der Waals surface area contributed by atoms with Crippen LogP contribution in [0.4, 0.5) is 13.2 Å². The van der Waals surface area contributed by atoms with Crippen molar-refractivity contribution in [2.24, 2.45) is 0 Å². The van der Waals surface area contributed by atoms with Crippen LogP contribution in [0.25, 0.3) is 11.6 Å². The van der Waals surface area contributed by atoms with Crippen molar-refractivity contribution in [3.8, 4) is 11.6 Å². The van der Waals surface area contributed by atoms with Crippen LogP contribution in [0.5, 0.6) is 0 Å². The molecule has 0 spiro atoms. The first kappa shape index (κ1) is 24.8. The lowest BCUT2D eigenvalue weighted by Gasteiger charge is -2.17. The molecule has 2 aromatic rings. The zero-order valence-corrected chi connectivity index (χ0v) is 20.7. The first-order chi connectivity index (χ1) is 13.8. The van der Waals surface area contributed by atoms with Crippen LogP contribution in [0.1, 0.15) is 5.69 Å². The lowest BCUT2D eigenvalue weighted by molar-refractivity contribution is -0.141. The molecule has 11 heteroatoms. The second kappa shape index (κ2) is 9.79. The van der Waals surface area contributed by atoms with E-state index in [0.29, 0.717) is 19.0 Å². The van der Waals surface area contributed by atoms with Crippen LogP contribution >= 0.6 is 0 Å². The number of imidazole rings is 2. The number of nitrogens with zero attached hydrogens (tertiary/aromatic N) is 4. The Kier molecular flexibility index (Phi) is 8.11. The molecule has 0 saturated carbocycles. The van der Waals surface area contributed by atoms with E-state index in [0.717, 1.165) is 18.3 Å². The van der Waals surface area contributed by atoms with Crippen molar-refractivity contribution in [1.82, 2.24) is 19.1 Å². The summed E-state index contributed by atoms with van der Waals surface area (Å²) in [7, 11) is -2.51. The Balaban J connectivity index is 2.15. The summed E-state index contributed by atoms with van der Waals surface area (Å²) in [5.41, 5.74) is -0.958. The van der Waals surface area contributed by atoms with Crippen LogP contribution in [0.15, 0.2) is 18.6 Å². The summed E-state index contributed by atoms with van der Waals surface area (Å²) in [6, 6.07) is 1.94. The van der Waals surface area contributed by atoms with E-state index in [4.69, 9.17) is 9.47 Å². The van der Waals surface area contributed by atoms with Crippen LogP contribution in [0.2, 0.25) is 51.4 Å². The second-order valence-electron chi connectivity index (χ2n) is 9.83. The Morgan fingerprint density at radius 2 is 1.40 bits per heavy atom. The van der Waals surface area contributed by atoms with Gasteiger partial charge in [0.25, 0.3) is 0 Å². The molecule has 30 heavy (non-hydrogen) atoms. The average Bonchev–Trinajstić information content (AvgIpc) is 3.20. The fourth-order valence-corrected chi connectivity index (χ4v) is 4.04. The summed E-state index contributed by atoms with van der Waals surface area (Å²) in [5, 5.41) is 0. The summed E-state index contributed by atoms with van der Waals surface area (Å²) in [6.45, 7) is 14.8. The van der Waals surface area contributed by atoms with Crippen molar-refractivity contribution >= 4 is 16.1 Å². The molecule has 0 bridgehead atoms. The van der Waals surface area contributed by atoms with Gasteiger partial charge in [-0.25, -0.2) is 9.97 Å². The third kappa shape index (κ3) is 8.01. The molecule has 0 saturated heterocycles. The Morgan fingerprint density at radius 3 is 1.90 bits per heavy atom. The molecule has 6 nitrogen and oxygen atoms in total. The minimum atomic E-state index is -4.54. The largest absolute Gasteiger partial charge is 0.434 e. The van der Waals surface area contributed by atoms with Crippen molar-refractivity contribution in [2.75, 3.05) is 13.2 Å². The molecule has 2 aromatic heterocycles. The number of hydrogen-bond donors (Lipinski definition) is 0. The van der Waals surface area contributed by atoms with Gasteiger partial charge in [0, 0.05) is 48.0 Å². The highest BCUT2D eigenvalue weighted by atomic mass is 28.3. The fraction of sp³-hybridized carbons (Fsp3) is 0.684. The zero-order chi connectivity index (χ0) is 22.6. The van der Waals surface area contributed by atoms with Crippen molar-refractivity contribution in [3.05, 3.63) is 24.3 Å². The minimum Gasteiger partial charge on any atom is -0.361 e. The van der Waals surface area contributed by atoms with Crippen LogP contribution in [-0.4, -0.2) is 48.5 Å². The SMILES string of the molecule is C[Si](C)(C)CCOCn1ccnc1-c1nc(C(F)(F)F)cn1COCC[Si](C)(C)C. The van der Waals surface area contributed by atoms with Gasteiger partial charge in [0.2, 0.25) is 0 Å². The van der Waals surface area contributed by atoms with E-state index in [9.17, 15) is 13.2 Å². The molecule has 0 aliphatic heterocycles. The lowest BCUT2D eigenvalue weighted by Crippen LogP contribution is -2.22. The molecule has 0 aliphatic carbocycles. The van der Waals surface area contributed by atoms with Gasteiger partial charge in [0.1, 0.15) is 13.5 Å². The molecule has 0 fully saturated rings. The Labute approximate surface area is 178 Å². The fourth-order valence-electron chi connectivity index (χ4n) is 2.53. The maximum Gasteiger partial charge on any atom is 0.434 e. The molecule has 0 radical (unpaired) electrons. The number of ether oxygens (including phenoxy) is 2. The first-order valence-electron chi connectivity index (χ1n) is 10.1. The van der Waals surface area contributed by atoms with E-state index >= 15 is 0 Å². The number of rotatable bonds is 11. The average molecular weight is 463 g/mol. The van der Waals surface area contributed by atoms with E-state index in [1.54, 1.807) is 10.8 Å². The Bertz CT molecular complexity index is 808. The third-order valence-corrected chi connectivity index (χ3v) is 7.84. The Hall–Kier alpha value is -1.44. The summed E-state index contributed by atoms with van der Waals surface area (Å²) in [4.78, 5) is 8.04. The topological polar surface area (TPSA) is 54.1 Å². The van der Waals surface area contributed by atoms with Gasteiger partial charge in [-0.15, -0.1) is 0 Å². The predicted molar refractivity (Wildman–Crippen MR) is 117 cm³/mol. The second-order valence-corrected chi connectivity index (χ2v) is 21.1. The highest BCUT2D eigenvalue weighted by Crippen LogP contribution is 2.30. The molecule has 0 unspecified atom stereocenters. The lowest BCUT2D eigenvalue weighted by atomic mass is 10.5. The van der Waals surface area contributed by atoms with Gasteiger partial charge in [-0.1, -0.05) is 39.3 Å². The normalized spacial score (nSPS) is 13.2. The van der Waals surface area contributed by atoms with E-state index in [-0.39, 0.29) is 19.3 Å². The van der Waals surface area contributed by atoms with E-state index < -0.39 is 28.0 Å². The number of hydrogen-bond acceptors (Lipinski definition) is 4. The van der Waals surface area contributed by atoms with Crippen molar-refractivity contribution in [3.63, 3.8) is 0 Å². The maximum absolute atomic E-state index is 13.3. The van der Waals surface area contributed by atoms with Crippen molar-refractivity contribution < 1.29 is 22.6 Å². The molecule has 170 valence electrons. The van der Waals surface area contributed by atoms with Crippen molar-refractivity contribution in [1.29, 1.82) is 0 Å². The number of halogens is 3. The van der Waals surface area contributed by atoms with Crippen molar-refractivity contribution in [2.45, 2.75) is 71.0 Å². The summed E-state index contributed by atoms with van der Waals surface area (Å²) >= 11 is 0. The molecule has 0 atom stereocenters. The standard InChI is InChI=1S/C19H33F3N4O2Si2/c1-29(2,3)11-9-27-14-25-8-7-23-17(25)18-24-16(19(20,21)22)13-26(18)15-28-10-12-30(4,5)6/h7-8,13H,9-12,14-15H2,1-6H3. The Morgan fingerprint density at radius 1 is 0.867 bits per heavy atom. The van der Waals surface area contributed by atoms with Gasteiger partial charge in [0.15, 0.2) is 17.3 Å². The molecule has 0 amide bonds. The number of alkyl halides is 3. The van der Waals surface area contributed by atoms with Gasteiger partial charge in [0.05, 0.1) is 0 Å². The quantitative estimate of drug-likeness (QED) is 0.332. The van der Waals surface area contributed by atoms with Gasteiger partial charge in [-0.3, -0.25) is 0 Å². The van der Waals surface area contributed by atoms with E-state index in [2.05, 4.69) is 49.3 Å². The molecule has 0 aromatic carbocycles. The van der Waals surface area contributed by atoms with Gasteiger partial charge >= 0.3 is 6.18 Å². The highest BCUT2D eigenvalue weighted by molar-refractivity contribution is 6.76. The van der Waals surface area contributed by atoms with Gasteiger partial charge in [-0.2, -0.15) is 13.2 Å². The van der Waals surface area contributed by atoms with Crippen LogP contribution in [0.3, 0.4) is 0 Å². The van der Waals surface area contributed by atoms with Gasteiger partial charge < -0.3 is 18.6 Å². The summed E-state index contributed by atoms with van der Waals surface area (Å²) in [5.74, 6) is 0.446. The molecule has 0 N–H and O–H groups in total. The summed E-state index contributed by atoms with van der Waals surface area (Å²) < 4.78 is 54.2. The molecule has 2 heterocycles. The smallest absolute Gasteiger partial charge is 0.361 e. The molecule has 0 aliphatic rings. The maximum atomic E-state index is 13.3. The van der Waals surface area contributed by atoms with E-state index in [1.807, 2.05) is 0 Å². The molecular formula is C19H33F3N4O2Si2. The van der Waals surface area contributed by atoms with Gasteiger partial charge in [-0.05, 0) is 12.1 Å². The molecule has 2 rings (SSSR count). The molecular weight excluding hydrogens is 429 g/mol. The van der Waals surface area contributed by atoms with Crippen LogP contribution < -0.4 is 0 Å². The first-order valence-corrected chi connectivity index (χ1v) is 17.5. The monoisotopic (exact) mass is 462 g/mol. The minimum absolute atomic E-state index is 0.00770. The highest BCUT2D eigenvalue weighted by Gasteiger charge is 2.35.